The Morgan fingerprint density at radius 3 is 2.52 bits per heavy atom. The topological polar surface area (TPSA) is 38.7 Å². The molecule has 0 amide bonds. The third kappa shape index (κ3) is 4.94. The monoisotopic (exact) mass is 428 g/mol. The van der Waals surface area contributed by atoms with Gasteiger partial charge in [-0.25, -0.2) is 17.6 Å². The molecule has 0 radical (unpaired) electrons. The zero-order valence-corrected chi connectivity index (χ0v) is 16.2. The number of halogens is 4. The Kier molecular flexibility index (Phi) is 7.21. The van der Waals surface area contributed by atoms with E-state index in [-0.39, 0.29) is 36.0 Å². The lowest BCUT2D eigenvalue weighted by Crippen LogP contribution is -2.37. The SMILES string of the molecule is C=CC[C@@H](OCCO)C1COc2c(F)ccc(F)c2[C@H]1Sc1cc(F)cc(F)c1. The van der Waals surface area contributed by atoms with Gasteiger partial charge in [0.05, 0.1) is 25.9 Å². The Morgan fingerprint density at radius 1 is 1.17 bits per heavy atom. The van der Waals surface area contributed by atoms with E-state index in [2.05, 4.69) is 6.58 Å². The summed E-state index contributed by atoms with van der Waals surface area (Å²) >= 11 is 1.01. The number of ether oxygens (including phenoxy) is 2. The molecule has 2 aromatic rings. The molecule has 29 heavy (non-hydrogen) atoms. The highest BCUT2D eigenvalue weighted by atomic mass is 32.2. The number of rotatable bonds is 8. The first-order valence-corrected chi connectivity index (χ1v) is 9.89. The van der Waals surface area contributed by atoms with E-state index in [1.54, 1.807) is 6.08 Å². The van der Waals surface area contributed by atoms with Gasteiger partial charge >= 0.3 is 0 Å². The van der Waals surface area contributed by atoms with Crippen LogP contribution >= 0.6 is 11.8 Å². The Morgan fingerprint density at radius 2 is 1.86 bits per heavy atom. The van der Waals surface area contributed by atoms with Crippen LogP contribution in [-0.2, 0) is 4.74 Å². The predicted octanol–water partition coefficient (Wildman–Crippen LogP) is 5.04. The minimum atomic E-state index is -0.768. The summed E-state index contributed by atoms with van der Waals surface area (Å²) in [6.45, 7) is 3.52. The summed E-state index contributed by atoms with van der Waals surface area (Å²) in [4.78, 5) is 0.230. The number of benzene rings is 2. The molecule has 3 atom stereocenters. The molecule has 1 heterocycles. The van der Waals surface area contributed by atoms with Crippen LogP contribution in [0.5, 0.6) is 5.75 Å². The molecule has 156 valence electrons. The van der Waals surface area contributed by atoms with Crippen LogP contribution in [0.1, 0.15) is 17.2 Å². The molecule has 1 aliphatic rings. The molecule has 1 unspecified atom stereocenters. The van der Waals surface area contributed by atoms with E-state index in [0.717, 1.165) is 42.1 Å². The molecule has 0 fully saturated rings. The number of hydrogen-bond acceptors (Lipinski definition) is 4. The van der Waals surface area contributed by atoms with Gasteiger partial charge in [0.2, 0.25) is 0 Å². The van der Waals surface area contributed by atoms with Crippen molar-refractivity contribution in [1.29, 1.82) is 0 Å². The maximum absolute atomic E-state index is 14.7. The second-order valence-corrected chi connectivity index (χ2v) is 7.76. The van der Waals surface area contributed by atoms with Crippen LogP contribution in [-0.4, -0.2) is 31.0 Å². The second kappa shape index (κ2) is 9.65. The van der Waals surface area contributed by atoms with Crippen LogP contribution in [0.2, 0.25) is 0 Å². The smallest absolute Gasteiger partial charge is 0.165 e. The number of aliphatic hydroxyl groups excluding tert-OH is 1. The summed E-state index contributed by atoms with van der Waals surface area (Å²) in [5.41, 5.74) is -0.0161. The van der Waals surface area contributed by atoms with Crippen molar-refractivity contribution in [3.63, 3.8) is 0 Å². The molecule has 3 rings (SSSR count). The fourth-order valence-corrected chi connectivity index (χ4v) is 4.79. The largest absolute Gasteiger partial charge is 0.490 e. The van der Waals surface area contributed by atoms with E-state index < -0.39 is 40.5 Å². The van der Waals surface area contributed by atoms with E-state index >= 15 is 0 Å². The van der Waals surface area contributed by atoms with E-state index in [9.17, 15) is 17.6 Å². The molecule has 3 nitrogen and oxygen atoms in total. The Hall–Kier alpha value is -2.03. The molecule has 0 saturated heterocycles. The number of hydrogen-bond donors (Lipinski definition) is 1. The number of thioether (sulfide) groups is 1. The number of aliphatic hydroxyl groups is 1. The van der Waals surface area contributed by atoms with Gasteiger partial charge in [0, 0.05) is 27.7 Å². The molecule has 1 aliphatic heterocycles. The normalized spacial score (nSPS) is 19.3. The predicted molar refractivity (Wildman–Crippen MR) is 102 cm³/mol. The van der Waals surface area contributed by atoms with Crippen molar-refractivity contribution in [2.24, 2.45) is 5.92 Å². The average molecular weight is 428 g/mol. The summed E-state index contributed by atoms with van der Waals surface area (Å²) < 4.78 is 67.6. The van der Waals surface area contributed by atoms with Crippen molar-refractivity contribution >= 4 is 11.8 Å². The van der Waals surface area contributed by atoms with Gasteiger partial charge in [-0.05, 0) is 30.7 Å². The van der Waals surface area contributed by atoms with Gasteiger partial charge in [-0.1, -0.05) is 6.08 Å². The van der Waals surface area contributed by atoms with Crippen molar-refractivity contribution in [2.75, 3.05) is 19.8 Å². The first kappa shape index (κ1) is 21.7. The van der Waals surface area contributed by atoms with E-state index in [4.69, 9.17) is 14.6 Å². The minimum Gasteiger partial charge on any atom is -0.490 e. The molecule has 0 bridgehead atoms. The molecule has 0 aromatic heterocycles. The summed E-state index contributed by atoms with van der Waals surface area (Å²) in [6, 6.07) is 4.98. The highest BCUT2D eigenvalue weighted by Crippen LogP contribution is 2.51. The van der Waals surface area contributed by atoms with Gasteiger partial charge in [0.1, 0.15) is 17.5 Å². The molecule has 1 N–H and O–H groups in total. The lowest BCUT2D eigenvalue weighted by molar-refractivity contribution is -0.0214. The van der Waals surface area contributed by atoms with Crippen molar-refractivity contribution < 1.29 is 32.1 Å². The molecule has 2 aromatic carbocycles. The molecule has 0 aliphatic carbocycles. The third-order valence-electron chi connectivity index (χ3n) is 4.59. The van der Waals surface area contributed by atoms with Gasteiger partial charge in [-0.3, -0.25) is 0 Å². The third-order valence-corrected chi connectivity index (χ3v) is 5.93. The zero-order valence-electron chi connectivity index (χ0n) is 15.4. The van der Waals surface area contributed by atoms with Crippen molar-refractivity contribution in [3.8, 4) is 5.75 Å². The Labute approximate surface area is 170 Å². The lowest BCUT2D eigenvalue weighted by Gasteiger charge is -2.37. The zero-order chi connectivity index (χ0) is 21.0. The maximum atomic E-state index is 14.7. The summed E-state index contributed by atoms with van der Waals surface area (Å²) in [5, 5.41) is 8.37. The average Bonchev–Trinajstić information content (AvgIpc) is 2.67. The van der Waals surface area contributed by atoms with Crippen molar-refractivity contribution in [3.05, 3.63) is 71.8 Å². The molecule has 0 spiro atoms. The first-order chi connectivity index (χ1) is 13.9. The quantitative estimate of drug-likeness (QED) is 0.472. The van der Waals surface area contributed by atoms with Gasteiger partial charge in [-0.15, -0.1) is 18.3 Å². The van der Waals surface area contributed by atoms with Crippen LogP contribution in [0.3, 0.4) is 0 Å². The van der Waals surface area contributed by atoms with Gasteiger partial charge < -0.3 is 14.6 Å². The highest BCUT2D eigenvalue weighted by Gasteiger charge is 2.40. The lowest BCUT2D eigenvalue weighted by atomic mass is 9.89. The minimum absolute atomic E-state index is 0.00672. The van der Waals surface area contributed by atoms with Crippen molar-refractivity contribution in [2.45, 2.75) is 22.7 Å². The van der Waals surface area contributed by atoms with Crippen LogP contribution < -0.4 is 4.74 Å². The first-order valence-electron chi connectivity index (χ1n) is 9.01. The summed E-state index contributed by atoms with van der Waals surface area (Å²) in [6.07, 6.45) is 1.46. The van der Waals surface area contributed by atoms with E-state index in [1.165, 1.54) is 0 Å². The molecular weight excluding hydrogens is 408 g/mol. The highest BCUT2D eigenvalue weighted by molar-refractivity contribution is 7.99. The Bertz CT molecular complexity index is 857. The van der Waals surface area contributed by atoms with E-state index in [0.29, 0.717) is 6.42 Å². The number of fused-ring (bicyclic) bond motifs is 1. The van der Waals surface area contributed by atoms with Crippen LogP contribution in [0.4, 0.5) is 17.6 Å². The summed E-state index contributed by atoms with van der Waals surface area (Å²) in [5.74, 6) is -3.63. The fourth-order valence-electron chi connectivity index (χ4n) is 3.37. The van der Waals surface area contributed by atoms with Crippen LogP contribution in [0.25, 0.3) is 0 Å². The van der Waals surface area contributed by atoms with Gasteiger partial charge in [0.25, 0.3) is 0 Å². The molecule has 8 heteroatoms. The van der Waals surface area contributed by atoms with Gasteiger partial charge in [0.15, 0.2) is 11.6 Å². The van der Waals surface area contributed by atoms with Crippen molar-refractivity contribution in [1.82, 2.24) is 0 Å². The molecule has 0 saturated carbocycles. The Balaban J connectivity index is 2.05. The molecular formula is C21H20F4O3S. The van der Waals surface area contributed by atoms with Crippen LogP contribution in [0.15, 0.2) is 47.9 Å². The standard InChI is InChI=1S/C21H20F4O3S/c1-2-3-18(27-7-6-26)15-11-28-20-17(25)5-4-16(24)19(20)21(15)29-14-9-12(22)8-13(23)10-14/h2,4-5,8-10,15,18,21,26H,1,3,6-7,11H2/t15?,18-,21+/m1/s1. The van der Waals surface area contributed by atoms with E-state index in [1.807, 2.05) is 0 Å². The van der Waals surface area contributed by atoms with Crippen LogP contribution in [0, 0.1) is 29.2 Å². The van der Waals surface area contributed by atoms with Gasteiger partial charge in [-0.2, -0.15) is 0 Å². The maximum Gasteiger partial charge on any atom is 0.165 e. The summed E-state index contributed by atoms with van der Waals surface area (Å²) in [7, 11) is 0. The fraction of sp³-hybridized carbons (Fsp3) is 0.333. The second-order valence-electron chi connectivity index (χ2n) is 6.55.